The van der Waals surface area contributed by atoms with Gasteiger partial charge in [0.15, 0.2) is 0 Å². The molecule has 0 radical (unpaired) electrons. The predicted octanol–water partition coefficient (Wildman–Crippen LogP) is 1.78. The van der Waals surface area contributed by atoms with E-state index in [1.165, 1.54) is 0 Å². The fraction of sp³-hybridized carbons (Fsp3) is 0.556. The topological polar surface area (TPSA) is 82.1 Å². The van der Waals surface area contributed by atoms with Gasteiger partial charge < -0.3 is 25.0 Å². The number of carbonyl (C=O) groups excluding carboxylic acids is 1. The number of carboxylic acid groups (broad SMARTS) is 1. The van der Waals surface area contributed by atoms with E-state index in [9.17, 15) is 9.59 Å². The molecule has 2 unspecified atom stereocenters. The Balaban J connectivity index is 1.54. The molecule has 0 aromatic heterocycles. The van der Waals surface area contributed by atoms with E-state index in [4.69, 9.17) is 9.84 Å². The average molecular weight is 347 g/mol. The maximum Gasteiger partial charge on any atom is 0.317 e. The van der Waals surface area contributed by atoms with Crippen LogP contribution in [0.4, 0.5) is 10.5 Å². The third-order valence-electron chi connectivity index (χ3n) is 4.99. The van der Waals surface area contributed by atoms with Crippen molar-refractivity contribution in [3.8, 4) is 5.75 Å². The largest absolute Gasteiger partial charge is 0.497 e. The van der Waals surface area contributed by atoms with Gasteiger partial charge in [-0.3, -0.25) is 4.79 Å². The molecule has 136 valence electrons. The number of urea groups is 1. The number of amides is 2. The molecule has 0 aliphatic carbocycles. The lowest BCUT2D eigenvalue weighted by Gasteiger charge is -2.31. The Morgan fingerprint density at radius 2 is 2.08 bits per heavy atom. The van der Waals surface area contributed by atoms with Crippen molar-refractivity contribution in [1.82, 2.24) is 10.2 Å². The predicted molar refractivity (Wildman–Crippen MR) is 94.1 cm³/mol. The van der Waals surface area contributed by atoms with Crippen LogP contribution in [0.5, 0.6) is 5.75 Å². The molecular formula is C18H25N3O4. The van der Waals surface area contributed by atoms with Crippen LogP contribution in [0, 0.1) is 5.92 Å². The summed E-state index contributed by atoms with van der Waals surface area (Å²) in [7, 11) is 1.65. The van der Waals surface area contributed by atoms with E-state index >= 15 is 0 Å². The van der Waals surface area contributed by atoms with E-state index in [2.05, 4.69) is 10.2 Å². The van der Waals surface area contributed by atoms with Gasteiger partial charge in [-0.15, -0.1) is 0 Å². The fourth-order valence-electron chi connectivity index (χ4n) is 3.55. The molecule has 2 aliphatic heterocycles. The maximum atomic E-state index is 12.4. The van der Waals surface area contributed by atoms with Crippen LogP contribution in [-0.2, 0) is 4.79 Å². The first kappa shape index (κ1) is 17.4. The van der Waals surface area contributed by atoms with Crippen molar-refractivity contribution in [2.45, 2.75) is 25.3 Å². The Bertz CT molecular complexity index is 637. The number of hydrogen-bond donors (Lipinski definition) is 2. The summed E-state index contributed by atoms with van der Waals surface area (Å²) in [5.74, 6) is -0.447. The molecule has 2 amide bonds. The Morgan fingerprint density at radius 1 is 1.24 bits per heavy atom. The Morgan fingerprint density at radius 3 is 2.84 bits per heavy atom. The molecule has 2 aliphatic rings. The molecule has 2 saturated heterocycles. The molecule has 25 heavy (non-hydrogen) atoms. The molecule has 7 heteroatoms. The molecule has 2 atom stereocenters. The van der Waals surface area contributed by atoms with Crippen molar-refractivity contribution < 1.29 is 19.4 Å². The van der Waals surface area contributed by atoms with E-state index in [1.807, 2.05) is 24.3 Å². The third kappa shape index (κ3) is 4.15. The summed E-state index contributed by atoms with van der Waals surface area (Å²) in [6, 6.07) is 7.82. The highest BCUT2D eigenvalue weighted by molar-refractivity contribution is 5.77. The van der Waals surface area contributed by atoms with Gasteiger partial charge in [0.25, 0.3) is 0 Å². The number of benzene rings is 1. The number of carboxylic acids is 1. The first-order valence-corrected chi connectivity index (χ1v) is 8.74. The van der Waals surface area contributed by atoms with E-state index < -0.39 is 11.9 Å². The van der Waals surface area contributed by atoms with Crippen LogP contribution in [0.3, 0.4) is 0 Å². The number of anilines is 1. The highest BCUT2D eigenvalue weighted by atomic mass is 16.5. The first-order valence-electron chi connectivity index (χ1n) is 8.74. The van der Waals surface area contributed by atoms with Crippen molar-refractivity contribution in [1.29, 1.82) is 0 Å². The van der Waals surface area contributed by atoms with Crippen LogP contribution in [0.2, 0.25) is 0 Å². The van der Waals surface area contributed by atoms with E-state index in [0.717, 1.165) is 37.4 Å². The van der Waals surface area contributed by atoms with Crippen LogP contribution < -0.4 is 15.0 Å². The molecule has 0 saturated carbocycles. The first-order chi connectivity index (χ1) is 12.1. The molecule has 1 aromatic rings. The van der Waals surface area contributed by atoms with Gasteiger partial charge in [-0.1, -0.05) is 6.07 Å². The number of methoxy groups -OCH3 is 1. The second kappa shape index (κ2) is 7.63. The van der Waals surface area contributed by atoms with Crippen LogP contribution >= 0.6 is 0 Å². The number of likely N-dealkylation sites (tertiary alicyclic amines) is 1. The lowest BCUT2D eigenvalue weighted by Crippen LogP contribution is -2.50. The van der Waals surface area contributed by atoms with Gasteiger partial charge >= 0.3 is 12.0 Å². The fourth-order valence-corrected chi connectivity index (χ4v) is 3.55. The molecule has 2 fully saturated rings. The summed E-state index contributed by atoms with van der Waals surface area (Å²) < 4.78 is 5.26. The number of carbonyl (C=O) groups is 2. The number of ether oxygens (including phenoxy) is 1. The third-order valence-corrected chi connectivity index (χ3v) is 4.99. The Hall–Kier alpha value is -2.44. The number of rotatable bonds is 4. The Labute approximate surface area is 147 Å². The minimum atomic E-state index is -0.817. The monoisotopic (exact) mass is 347 g/mol. The zero-order chi connectivity index (χ0) is 17.8. The number of piperidine rings is 1. The van der Waals surface area contributed by atoms with Gasteiger partial charge in [-0.2, -0.15) is 0 Å². The number of nitrogens with zero attached hydrogens (tertiary/aromatic N) is 2. The molecule has 1 aromatic carbocycles. The Kier molecular flexibility index (Phi) is 5.31. The van der Waals surface area contributed by atoms with Crippen molar-refractivity contribution in [3.05, 3.63) is 24.3 Å². The summed E-state index contributed by atoms with van der Waals surface area (Å²) >= 11 is 0. The number of hydrogen-bond acceptors (Lipinski definition) is 4. The van der Waals surface area contributed by atoms with Crippen LogP contribution in [0.15, 0.2) is 24.3 Å². The van der Waals surface area contributed by atoms with E-state index in [-0.39, 0.29) is 12.1 Å². The SMILES string of the molecule is COc1cccc(N2CCC(NC(=O)N3CCCC(C(=O)O)C3)C2)c1. The maximum absolute atomic E-state index is 12.4. The molecular weight excluding hydrogens is 322 g/mol. The highest BCUT2D eigenvalue weighted by Gasteiger charge is 2.30. The minimum absolute atomic E-state index is 0.0731. The van der Waals surface area contributed by atoms with E-state index in [1.54, 1.807) is 12.0 Å². The van der Waals surface area contributed by atoms with Crippen molar-refractivity contribution in [2.75, 3.05) is 38.2 Å². The second-order valence-electron chi connectivity index (χ2n) is 6.71. The van der Waals surface area contributed by atoms with E-state index in [0.29, 0.717) is 19.5 Å². The van der Waals surface area contributed by atoms with Crippen molar-refractivity contribution in [2.24, 2.45) is 5.92 Å². The molecule has 2 heterocycles. The van der Waals surface area contributed by atoms with Crippen LogP contribution in [-0.4, -0.2) is 61.3 Å². The summed E-state index contributed by atoms with van der Waals surface area (Å²) in [6.45, 7) is 2.54. The lowest BCUT2D eigenvalue weighted by atomic mass is 9.99. The van der Waals surface area contributed by atoms with Crippen LogP contribution in [0.1, 0.15) is 19.3 Å². The quantitative estimate of drug-likeness (QED) is 0.868. The number of nitrogens with one attached hydrogen (secondary N) is 1. The lowest BCUT2D eigenvalue weighted by molar-refractivity contribution is -0.143. The molecule has 7 nitrogen and oxygen atoms in total. The average Bonchev–Trinajstić information content (AvgIpc) is 3.10. The number of aliphatic carboxylic acids is 1. The van der Waals surface area contributed by atoms with Crippen molar-refractivity contribution >= 4 is 17.7 Å². The summed E-state index contributed by atoms with van der Waals surface area (Å²) in [5.41, 5.74) is 1.08. The van der Waals surface area contributed by atoms with Gasteiger partial charge in [0.2, 0.25) is 0 Å². The second-order valence-corrected chi connectivity index (χ2v) is 6.71. The highest BCUT2D eigenvalue weighted by Crippen LogP contribution is 2.25. The molecule has 0 bridgehead atoms. The minimum Gasteiger partial charge on any atom is -0.497 e. The zero-order valence-corrected chi connectivity index (χ0v) is 14.5. The zero-order valence-electron chi connectivity index (χ0n) is 14.5. The molecule has 2 N–H and O–H groups in total. The van der Waals surface area contributed by atoms with Gasteiger partial charge in [0.1, 0.15) is 5.75 Å². The molecule has 3 rings (SSSR count). The normalized spacial score (nSPS) is 23.4. The van der Waals surface area contributed by atoms with Gasteiger partial charge in [-0.25, -0.2) is 4.79 Å². The summed E-state index contributed by atoms with van der Waals surface area (Å²) in [4.78, 5) is 27.5. The van der Waals surface area contributed by atoms with Crippen molar-refractivity contribution in [3.63, 3.8) is 0 Å². The van der Waals surface area contributed by atoms with Gasteiger partial charge in [-0.05, 0) is 31.4 Å². The summed E-state index contributed by atoms with van der Waals surface area (Å²) in [6.07, 6.45) is 2.26. The molecule has 0 spiro atoms. The standard InChI is InChI=1S/C18H25N3O4/c1-25-16-6-2-5-15(10-16)20-9-7-14(12-20)19-18(24)21-8-3-4-13(11-21)17(22)23/h2,5-6,10,13-14H,3-4,7-9,11-12H2,1H3,(H,19,24)(H,22,23). The summed E-state index contributed by atoms with van der Waals surface area (Å²) in [5, 5.41) is 12.2. The van der Waals surface area contributed by atoms with Crippen LogP contribution in [0.25, 0.3) is 0 Å². The van der Waals surface area contributed by atoms with Gasteiger partial charge in [0, 0.05) is 44.0 Å². The van der Waals surface area contributed by atoms with Gasteiger partial charge in [0.05, 0.1) is 13.0 Å². The smallest absolute Gasteiger partial charge is 0.317 e.